The molecule has 0 amide bonds. The highest BCUT2D eigenvalue weighted by Gasteiger charge is 2.10. The summed E-state index contributed by atoms with van der Waals surface area (Å²) in [5, 5.41) is 3.18. The normalized spacial score (nSPS) is 14.8. The van der Waals surface area contributed by atoms with Crippen LogP contribution in [-0.4, -0.2) is 56.9 Å². The number of guanidine groups is 1. The van der Waals surface area contributed by atoms with Crippen LogP contribution in [-0.2, 0) is 17.7 Å². The third-order valence-electron chi connectivity index (χ3n) is 4.72. The number of nitrogens with one attached hydrogen (secondary N) is 1. The fourth-order valence-electron chi connectivity index (χ4n) is 3.09. The van der Waals surface area contributed by atoms with Crippen LogP contribution in [0.2, 0.25) is 0 Å². The molecule has 0 spiro atoms. The van der Waals surface area contributed by atoms with Crippen molar-refractivity contribution >= 4 is 29.9 Å². The summed E-state index contributed by atoms with van der Waals surface area (Å²) in [7, 11) is 0. The molecule has 1 heterocycles. The van der Waals surface area contributed by atoms with Crippen molar-refractivity contribution in [3.05, 3.63) is 65.7 Å². The van der Waals surface area contributed by atoms with E-state index in [-0.39, 0.29) is 24.0 Å². The van der Waals surface area contributed by atoms with E-state index >= 15 is 0 Å². The molecule has 0 bridgehead atoms. The fourth-order valence-corrected chi connectivity index (χ4v) is 3.09. The second-order valence-corrected chi connectivity index (χ2v) is 6.77. The van der Waals surface area contributed by atoms with Crippen LogP contribution in [0, 0.1) is 0 Å². The first kappa shape index (κ1) is 23.4. The van der Waals surface area contributed by atoms with Gasteiger partial charge in [-0.15, -0.1) is 24.0 Å². The summed E-state index contributed by atoms with van der Waals surface area (Å²) in [6, 6.07) is 18.3. The summed E-state index contributed by atoms with van der Waals surface area (Å²) in [5.74, 6) is 1.33. The molecule has 1 fully saturated rings. The predicted molar refractivity (Wildman–Crippen MR) is 128 cm³/mol. The van der Waals surface area contributed by atoms with Crippen molar-refractivity contribution in [2.45, 2.75) is 13.0 Å². The summed E-state index contributed by atoms with van der Waals surface area (Å²) in [6.45, 7) is 6.38. The van der Waals surface area contributed by atoms with Gasteiger partial charge < -0.3 is 20.5 Å². The minimum Gasteiger partial charge on any atom is -0.492 e. The van der Waals surface area contributed by atoms with Gasteiger partial charge in [0.05, 0.1) is 19.8 Å². The molecule has 1 aliphatic rings. The molecule has 3 N–H and O–H groups in total. The molecule has 0 radical (unpaired) electrons. The third-order valence-corrected chi connectivity index (χ3v) is 4.72. The van der Waals surface area contributed by atoms with Crippen molar-refractivity contribution in [2.24, 2.45) is 10.7 Å². The van der Waals surface area contributed by atoms with Crippen LogP contribution < -0.4 is 15.8 Å². The zero-order valence-corrected chi connectivity index (χ0v) is 19.1. The van der Waals surface area contributed by atoms with E-state index < -0.39 is 0 Å². The molecule has 0 aromatic heterocycles. The number of aliphatic imine (C=N–C) groups is 1. The van der Waals surface area contributed by atoms with E-state index in [9.17, 15) is 0 Å². The minimum absolute atomic E-state index is 0. The number of benzene rings is 2. The van der Waals surface area contributed by atoms with Crippen molar-refractivity contribution in [1.82, 2.24) is 10.2 Å². The van der Waals surface area contributed by atoms with Crippen LogP contribution in [0.1, 0.15) is 11.1 Å². The van der Waals surface area contributed by atoms with Gasteiger partial charge in [0.1, 0.15) is 12.4 Å². The Balaban J connectivity index is 0.00000300. The standard InChI is InChI=1S/C22H30N4O2.HI/c23-22(24-11-10-19-6-2-1-3-7-19)25-18-20-8-4-5-9-21(20)28-17-14-26-12-15-27-16-13-26;/h1-9H,10-18H2,(H3,23,24,25);1H. The van der Waals surface area contributed by atoms with Crippen LogP contribution in [0.4, 0.5) is 0 Å². The summed E-state index contributed by atoms with van der Waals surface area (Å²) in [4.78, 5) is 6.82. The van der Waals surface area contributed by atoms with Crippen LogP contribution >= 0.6 is 24.0 Å². The number of para-hydroxylation sites is 1. The molecule has 6 nitrogen and oxygen atoms in total. The predicted octanol–water partition coefficient (Wildman–Crippen LogP) is 2.66. The van der Waals surface area contributed by atoms with Gasteiger partial charge in [0.15, 0.2) is 5.96 Å². The van der Waals surface area contributed by atoms with E-state index in [1.807, 2.05) is 42.5 Å². The Morgan fingerprint density at radius 2 is 1.79 bits per heavy atom. The first-order valence-electron chi connectivity index (χ1n) is 9.90. The molecule has 0 saturated carbocycles. The lowest BCUT2D eigenvalue weighted by Crippen LogP contribution is -2.38. The van der Waals surface area contributed by atoms with Gasteiger partial charge in [-0.05, 0) is 18.1 Å². The Morgan fingerprint density at radius 1 is 1.07 bits per heavy atom. The maximum Gasteiger partial charge on any atom is 0.188 e. The molecule has 1 aliphatic heterocycles. The molecule has 2 aromatic carbocycles. The lowest BCUT2D eigenvalue weighted by molar-refractivity contribution is 0.0322. The van der Waals surface area contributed by atoms with Crippen molar-refractivity contribution in [3.63, 3.8) is 0 Å². The number of nitrogens with zero attached hydrogens (tertiary/aromatic N) is 2. The number of rotatable bonds is 9. The zero-order valence-electron chi connectivity index (χ0n) is 16.8. The van der Waals surface area contributed by atoms with Gasteiger partial charge >= 0.3 is 0 Å². The molecule has 0 atom stereocenters. The zero-order chi connectivity index (χ0) is 19.4. The molecule has 29 heavy (non-hydrogen) atoms. The van der Waals surface area contributed by atoms with Crippen molar-refractivity contribution in [2.75, 3.05) is 46.0 Å². The first-order valence-corrected chi connectivity index (χ1v) is 9.90. The minimum atomic E-state index is 0. The van der Waals surface area contributed by atoms with Gasteiger partial charge in [0.2, 0.25) is 0 Å². The molecular weight excluding hydrogens is 479 g/mol. The summed E-state index contributed by atoms with van der Waals surface area (Å²) in [6.07, 6.45) is 0.915. The number of ether oxygens (including phenoxy) is 2. The Hall–Kier alpha value is -1.84. The van der Waals surface area contributed by atoms with Crippen molar-refractivity contribution in [1.29, 1.82) is 0 Å². The van der Waals surface area contributed by atoms with E-state index in [1.54, 1.807) is 0 Å². The number of halogens is 1. The van der Waals surface area contributed by atoms with Crippen LogP contribution in [0.3, 0.4) is 0 Å². The second-order valence-electron chi connectivity index (χ2n) is 6.77. The SMILES string of the molecule is I.NC(=NCc1ccccc1OCCN1CCOCC1)NCCc1ccccc1. The van der Waals surface area contributed by atoms with Crippen molar-refractivity contribution in [3.8, 4) is 5.75 Å². The Labute approximate surface area is 190 Å². The van der Waals surface area contributed by atoms with Gasteiger partial charge in [-0.3, -0.25) is 4.90 Å². The lowest BCUT2D eigenvalue weighted by atomic mass is 10.1. The lowest BCUT2D eigenvalue weighted by Gasteiger charge is -2.26. The van der Waals surface area contributed by atoms with E-state index in [0.29, 0.717) is 19.1 Å². The van der Waals surface area contributed by atoms with Gasteiger partial charge in [0.25, 0.3) is 0 Å². The molecule has 0 aliphatic carbocycles. The average Bonchev–Trinajstić information content (AvgIpc) is 2.74. The third kappa shape index (κ3) is 8.59. The van der Waals surface area contributed by atoms with E-state index in [2.05, 4.69) is 27.3 Å². The monoisotopic (exact) mass is 510 g/mol. The molecule has 158 valence electrons. The number of nitrogens with two attached hydrogens (primary N) is 1. The Bertz CT molecular complexity index is 737. The molecule has 1 saturated heterocycles. The highest BCUT2D eigenvalue weighted by atomic mass is 127. The second kappa shape index (κ2) is 13.4. The quantitative estimate of drug-likeness (QED) is 0.309. The largest absolute Gasteiger partial charge is 0.492 e. The summed E-state index contributed by atoms with van der Waals surface area (Å²) in [5.41, 5.74) is 8.33. The maximum atomic E-state index is 6.01. The van der Waals surface area contributed by atoms with Gasteiger partial charge in [-0.1, -0.05) is 48.5 Å². The molecule has 7 heteroatoms. The summed E-state index contributed by atoms with van der Waals surface area (Å²) < 4.78 is 11.4. The van der Waals surface area contributed by atoms with Gasteiger partial charge in [-0.25, -0.2) is 4.99 Å². The molecule has 3 rings (SSSR count). The number of hydrogen-bond donors (Lipinski definition) is 2. The molecular formula is C22H31IN4O2. The number of morpholine rings is 1. The van der Waals surface area contributed by atoms with E-state index in [0.717, 1.165) is 57.1 Å². The Morgan fingerprint density at radius 3 is 2.59 bits per heavy atom. The maximum absolute atomic E-state index is 6.01. The van der Waals surface area contributed by atoms with E-state index in [1.165, 1.54) is 5.56 Å². The fraction of sp³-hybridized carbons (Fsp3) is 0.409. The molecule has 2 aromatic rings. The van der Waals surface area contributed by atoms with Gasteiger partial charge in [-0.2, -0.15) is 0 Å². The highest BCUT2D eigenvalue weighted by Crippen LogP contribution is 2.18. The van der Waals surface area contributed by atoms with Crippen LogP contribution in [0.5, 0.6) is 5.75 Å². The van der Waals surface area contributed by atoms with Crippen LogP contribution in [0.15, 0.2) is 59.6 Å². The first-order chi connectivity index (χ1) is 13.8. The van der Waals surface area contributed by atoms with E-state index in [4.69, 9.17) is 15.2 Å². The highest BCUT2D eigenvalue weighted by molar-refractivity contribution is 14.0. The van der Waals surface area contributed by atoms with Crippen molar-refractivity contribution < 1.29 is 9.47 Å². The topological polar surface area (TPSA) is 72.1 Å². The Kier molecular flexibility index (Phi) is 10.8. The number of hydrogen-bond acceptors (Lipinski definition) is 4. The van der Waals surface area contributed by atoms with Crippen LogP contribution in [0.25, 0.3) is 0 Å². The van der Waals surface area contributed by atoms with Gasteiger partial charge in [0, 0.05) is 31.7 Å². The average molecular weight is 510 g/mol. The molecule has 0 unspecified atom stereocenters. The smallest absolute Gasteiger partial charge is 0.188 e. The summed E-state index contributed by atoms with van der Waals surface area (Å²) >= 11 is 0.